The summed E-state index contributed by atoms with van der Waals surface area (Å²) in [6.45, 7) is 8.97. The molecule has 0 bridgehead atoms. The van der Waals surface area contributed by atoms with Gasteiger partial charge in [0.1, 0.15) is 0 Å². The highest BCUT2D eigenvalue weighted by atomic mass is 28.3. The van der Waals surface area contributed by atoms with Crippen molar-refractivity contribution in [2.75, 3.05) is 7.11 Å². The molecule has 4 heteroatoms. The topological polar surface area (TPSA) is 12.5 Å². The Morgan fingerprint density at radius 1 is 1.00 bits per heavy atom. The normalized spacial score (nSPS) is 12.0. The Balaban J connectivity index is 3.68. The van der Waals surface area contributed by atoms with Crippen LogP contribution in [0.15, 0.2) is 0 Å². The number of hydrogen-bond acceptors (Lipinski definition) is 2. The Kier molecular flexibility index (Phi) is 4.38. The Hall–Kier alpha value is 0.354. The van der Waals surface area contributed by atoms with Crippen LogP contribution in [-0.4, -0.2) is 29.4 Å². The molecule has 0 spiro atoms. The first-order valence-corrected chi connectivity index (χ1v) is 7.93. The van der Waals surface area contributed by atoms with Crippen molar-refractivity contribution >= 4 is 17.9 Å². The third kappa shape index (κ3) is 3.15. The Labute approximate surface area is 61.1 Å². The fourth-order valence-electron chi connectivity index (χ4n) is 0.812. The van der Waals surface area contributed by atoms with E-state index in [2.05, 4.69) is 30.6 Å². The molecule has 0 saturated carbocycles. The van der Waals surface area contributed by atoms with Crippen LogP contribution in [0.4, 0.5) is 0 Å². The average Bonchev–Trinajstić information content (AvgIpc) is 1.64. The molecule has 0 amide bonds. The van der Waals surface area contributed by atoms with E-state index in [0.29, 0.717) is 0 Å². The Morgan fingerprint density at radius 3 is 1.33 bits per heavy atom. The maximum Gasteiger partial charge on any atom is 0.153 e. The molecule has 0 saturated heterocycles. The van der Waals surface area contributed by atoms with E-state index in [1.165, 1.54) is 0 Å². The first-order chi connectivity index (χ1) is 4.09. The molecule has 0 aliphatic carbocycles. The summed E-state index contributed by atoms with van der Waals surface area (Å²) in [6, 6.07) is 0. The van der Waals surface area contributed by atoms with Crippen LogP contribution in [0.25, 0.3) is 0 Å². The van der Waals surface area contributed by atoms with E-state index in [-0.39, 0.29) is 17.9 Å². The van der Waals surface area contributed by atoms with Crippen molar-refractivity contribution in [2.45, 2.75) is 26.2 Å². The molecule has 0 aromatic carbocycles. The van der Waals surface area contributed by atoms with Crippen LogP contribution in [-0.2, 0) is 4.84 Å². The fourth-order valence-corrected chi connectivity index (χ4v) is 5.12. The van der Waals surface area contributed by atoms with Crippen LogP contribution in [0.1, 0.15) is 0 Å². The summed E-state index contributed by atoms with van der Waals surface area (Å²) >= 11 is 0. The standard InChI is InChI=1S/C5H15NOSi2/c1-7-6(8(2)3)9(4)5/h1-5H3. The van der Waals surface area contributed by atoms with Crippen LogP contribution >= 0.6 is 0 Å². The van der Waals surface area contributed by atoms with Gasteiger partial charge in [0.2, 0.25) is 0 Å². The molecule has 2 radical (unpaired) electrons. The van der Waals surface area contributed by atoms with Gasteiger partial charge in [0.05, 0.1) is 7.11 Å². The summed E-state index contributed by atoms with van der Waals surface area (Å²) < 4.78 is 2.16. The zero-order valence-corrected chi connectivity index (χ0v) is 8.86. The van der Waals surface area contributed by atoms with Gasteiger partial charge >= 0.3 is 0 Å². The van der Waals surface area contributed by atoms with Crippen LogP contribution in [0.5, 0.6) is 0 Å². The fraction of sp³-hybridized carbons (Fsp3) is 1.00. The average molecular weight is 161 g/mol. The van der Waals surface area contributed by atoms with Gasteiger partial charge in [0.15, 0.2) is 17.9 Å². The summed E-state index contributed by atoms with van der Waals surface area (Å²) in [4.78, 5) is 5.20. The zero-order valence-electron chi connectivity index (χ0n) is 6.86. The Morgan fingerprint density at radius 2 is 1.33 bits per heavy atom. The van der Waals surface area contributed by atoms with Crippen molar-refractivity contribution in [1.29, 1.82) is 0 Å². The van der Waals surface area contributed by atoms with E-state index in [1.54, 1.807) is 7.11 Å². The van der Waals surface area contributed by atoms with Gasteiger partial charge in [0, 0.05) is 0 Å². The van der Waals surface area contributed by atoms with Crippen LogP contribution in [0.2, 0.25) is 26.2 Å². The molecule has 0 N–H and O–H groups in total. The van der Waals surface area contributed by atoms with E-state index in [9.17, 15) is 0 Å². The monoisotopic (exact) mass is 161 g/mol. The second-order valence-corrected chi connectivity index (χ2v) is 7.42. The van der Waals surface area contributed by atoms with Gasteiger partial charge in [-0.15, -0.1) is 0 Å². The van der Waals surface area contributed by atoms with E-state index >= 15 is 0 Å². The third-order valence-corrected chi connectivity index (χ3v) is 5.67. The molecular formula is C5H15NOSi2. The molecule has 0 unspecified atom stereocenters. The molecule has 0 atom stereocenters. The quantitative estimate of drug-likeness (QED) is 0.458. The lowest BCUT2D eigenvalue weighted by Crippen LogP contribution is -2.41. The smallest absolute Gasteiger partial charge is 0.153 e. The van der Waals surface area contributed by atoms with Crippen molar-refractivity contribution in [3.8, 4) is 0 Å². The first kappa shape index (κ1) is 9.35. The van der Waals surface area contributed by atoms with Crippen molar-refractivity contribution in [3.63, 3.8) is 0 Å². The zero-order chi connectivity index (χ0) is 7.44. The van der Waals surface area contributed by atoms with E-state index < -0.39 is 0 Å². The molecule has 2 nitrogen and oxygen atoms in total. The molecule has 9 heavy (non-hydrogen) atoms. The highest BCUT2D eigenvalue weighted by Crippen LogP contribution is 1.97. The van der Waals surface area contributed by atoms with Gasteiger partial charge in [-0.3, -0.25) is 0 Å². The maximum absolute atomic E-state index is 5.20. The molecule has 0 aromatic heterocycles. The van der Waals surface area contributed by atoms with Crippen molar-refractivity contribution in [1.82, 2.24) is 4.39 Å². The second-order valence-electron chi connectivity index (χ2n) is 2.37. The molecule has 0 aliphatic heterocycles. The Bertz CT molecular complexity index is 69.4. The van der Waals surface area contributed by atoms with E-state index in [1.807, 2.05) is 0 Å². The lowest BCUT2D eigenvalue weighted by atomic mass is 11.7. The highest BCUT2D eigenvalue weighted by Gasteiger charge is 2.14. The second kappa shape index (κ2) is 4.21. The number of nitrogens with zero attached hydrogens (tertiary/aromatic N) is 1. The van der Waals surface area contributed by atoms with E-state index in [0.717, 1.165) is 0 Å². The predicted molar refractivity (Wildman–Crippen MR) is 43.8 cm³/mol. The van der Waals surface area contributed by atoms with Gasteiger partial charge < -0.3 is 4.84 Å². The van der Waals surface area contributed by atoms with Crippen LogP contribution in [0.3, 0.4) is 0 Å². The molecule has 0 aliphatic rings. The lowest BCUT2D eigenvalue weighted by molar-refractivity contribution is 0.0169. The summed E-state index contributed by atoms with van der Waals surface area (Å²) in [7, 11) is 1.03. The highest BCUT2D eigenvalue weighted by molar-refractivity contribution is 6.69. The van der Waals surface area contributed by atoms with Crippen molar-refractivity contribution in [2.24, 2.45) is 0 Å². The predicted octanol–water partition coefficient (Wildman–Crippen LogP) is 1.35. The minimum absolute atomic E-state index is 0.367. The molecule has 0 aromatic rings. The maximum atomic E-state index is 5.20. The number of rotatable bonds is 3. The number of hydrogen-bond donors (Lipinski definition) is 0. The lowest BCUT2D eigenvalue weighted by Gasteiger charge is -2.25. The molecular weight excluding hydrogens is 146 g/mol. The third-order valence-electron chi connectivity index (χ3n) is 0.995. The van der Waals surface area contributed by atoms with Gasteiger partial charge in [-0.2, -0.15) is 0 Å². The largest absolute Gasteiger partial charge is 0.317 e. The molecule has 0 fully saturated rings. The first-order valence-electron chi connectivity index (χ1n) is 3.04. The van der Waals surface area contributed by atoms with Crippen LogP contribution in [0, 0.1) is 0 Å². The van der Waals surface area contributed by atoms with Gasteiger partial charge in [-0.25, -0.2) is 4.39 Å². The minimum atomic E-state index is -0.367. The SMILES string of the molecule is CON([Si](C)C)[Si](C)C. The summed E-state index contributed by atoms with van der Waals surface area (Å²) in [6.07, 6.45) is 0. The minimum Gasteiger partial charge on any atom is -0.317 e. The van der Waals surface area contributed by atoms with Gasteiger partial charge in [-0.1, -0.05) is 26.2 Å². The summed E-state index contributed by atoms with van der Waals surface area (Å²) in [5.41, 5.74) is 0. The van der Waals surface area contributed by atoms with Crippen molar-refractivity contribution in [3.05, 3.63) is 0 Å². The molecule has 0 rings (SSSR count). The van der Waals surface area contributed by atoms with E-state index in [4.69, 9.17) is 4.84 Å². The summed E-state index contributed by atoms with van der Waals surface area (Å²) in [5.74, 6) is 0. The van der Waals surface area contributed by atoms with Gasteiger partial charge in [0.25, 0.3) is 0 Å². The van der Waals surface area contributed by atoms with Crippen molar-refractivity contribution < 1.29 is 4.84 Å². The van der Waals surface area contributed by atoms with Gasteiger partial charge in [-0.05, 0) is 0 Å². The summed E-state index contributed by atoms with van der Waals surface area (Å²) in [5, 5.41) is 0. The molecule has 54 valence electrons. The molecule has 0 heterocycles. The van der Waals surface area contributed by atoms with Crippen LogP contribution < -0.4 is 0 Å².